The van der Waals surface area contributed by atoms with E-state index in [1.807, 2.05) is 0 Å². The first-order chi connectivity index (χ1) is 4.79. The molecule has 10 heavy (non-hydrogen) atoms. The van der Waals surface area contributed by atoms with Gasteiger partial charge in [-0.3, -0.25) is 4.79 Å². The Kier molecular flexibility index (Phi) is 1.06. The molecule has 1 aliphatic carbocycles. The molecule has 0 aromatic heterocycles. The van der Waals surface area contributed by atoms with Crippen molar-refractivity contribution < 1.29 is 9.90 Å². The quantitative estimate of drug-likeness (QED) is 0.517. The average Bonchev–Trinajstić information content (AvgIpc) is 2.52. The van der Waals surface area contributed by atoms with Gasteiger partial charge >= 0.3 is 0 Å². The van der Waals surface area contributed by atoms with Gasteiger partial charge in [-0.15, -0.1) is 0 Å². The van der Waals surface area contributed by atoms with E-state index in [9.17, 15) is 4.79 Å². The topological polar surface area (TPSA) is 49.3 Å². The Hall–Kier alpha value is -0.570. The molecule has 1 aliphatic heterocycles. The first-order valence-corrected chi connectivity index (χ1v) is 3.69. The normalized spacial score (nSPS) is 44.1. The molecule has 1 heterocycles. The van der Waals surface area contributed by atoms with Crippen LogP contribution >= 0.6 is 0 Å². The average molecular weight is 141 g/mol. The number of carbonyl (C=O) groups is 1. The maximum absolute atomic E-state index is 11.1. The predicted octanol–water partition coefficient (Wildman–Crippen LogP) is -0.495. The highest BCUT2D eigenvalue weighted by Gasteiger charge is 2.61. The van der Waals surface area contributed by atoms with E-state index in [1.54, 1.807) is 0 Å². The van der Waals surface area contributed by atoms with E-state index >= 15 is 0 Å². The second-order valence-electron chi connectivity index (χ2n) is 3.25. The van der Waals surface area contributed by atoms with Crippen LogP contribution in [0, 0.1) is 11.3 Å². The molecule has 2 fully saturated rings. The fraction of sp³-hybridized carbons (Fsp3) is 0.857. The molecule has 0 aromatic carbocycles. The van der Waals surface area contributed by atoms with E-state index in [4.69, 9.17) is 5.11 Å². The number of hydrogen-bond acceptors (Lipinski definition) is 2. The molecule has 2 N–H and O–H groups in total. The molecular weight excluding hydrogens is 130 g/mol. The third-order valence-electron chi connectivity index (χ3n) is 2.76. The number of rotatable bonds is 1. The Morgan fingerprint density at radius 3 is 3.00 bits per heavy atom. The molecule has 1 amide bonds. The van der Waals surface area contributed by atoms with Crippen LogP contribution < -0.4 is 5.32 Å². The van der Waals surface area contributed by atoms with Crippen molar-refractivity contribution in [2.75, 3.05) is 13.2 Å². The summed E-state index contributed by atoms with van der Waals surface area (Å²) in [5.41, 5.74) is -0.130. The Morgan fingerprint density at radius 1 is 1.80 bits per heavy atom. The van der Waals surface area contributed by atoms with Gasteiger partial charge in [0, 0.05) is 13.2 Å². The van der Waals surface area contributed by atoms with Gasteiger partial charge in [-0.25, -0.2) is 0 Å². The lowest BCUT2D eigenvalue weighted by Crippen LogP contribution is -2.21. The van der Waals surface area contributed by atoms with Crippen LogP contribution in [-0.2, 0) is 4.79 Å². The van der Waals surface area contributed by atoms with Gasteiger partial charge in [0.05, 0.1) is 5.41 Å². The van der Waals surface area contributed by atoms with E-state index < -0.39 is 0 Å². The minimum atomic E-state index is -0.130. The van der Waals surface area contributed by atoms with E-state index in [0.29, 0.717) is 0 Å². The number of aliphatic hydroxyl groups is 1. The SMILES string of the molecule is O=C1NCCC12CC2CO. The second-order valence-corrected chi connectivity index (χ2v) is 3.25. The number of nitrogens with one attached hydrogen (secondary N) is 1. The van der Waals surface area contributed by atoms with Crippen LogP contribution in [0.2, 0.25) is 0 Å². The zero-order chi connectivity index (χ0) is 7.19. The standard InChI is InChI=1S/C7H11NO2/c9-4-5-3-7(5)1-2-8-6(7)10/h5,9H,1-4H2,(H,8,10). The summed E-state index contributed by atoms with van der Waals surface area (Å²) in [7, 11) is 0. The monoisotopic (exact) mass is 141 g/mol. The summed E-state index contributed by atoms with van der Waals surface area (Å²) in [6.07, 6.45) is 1.83. The zero-order valence-corrected chi connectivity index (χ0v) is 5.76. The molecular formula is C7H11NO2. The lowest BCUT2D eigenvalue weighted by molar-refractivity contribution is -0.124. The summed E-state index contributed by atoms with van der Waals surface area (Å²) >= 11 is 0. The van der Waals surface area contributed by atoms with Crippen molar-refractivity contribution >= 4 is 5.91 Å². The van der Waals surface area contributed by atoms with Crippen molar-refractivity contribution in [3.63, 3.8) is 0 Å². The highest BCUT2D eigenvalue weighted by Crippen LogP contribution is 2.56. The molecule has 1 saturated carbocycles. The largest absolute Gasteiger partial charge is 0.396 e. The van der Waals surface area contributed by atoms with Gasteiger partial charge in [0.2, 0.25) is 5.91 Å². The van der Waals surface area contributed by atoms with Gasteiger partial charge < -0.3 is 10.4 Å². The number of aliphatic hydroxyl groups excluding tert-OH is 1. The molecule has 3 nitrogen and oxygen atoms in total. The smallest absolute Gasteiger partial charge is 0.226 e. The summed E-state index contributed by atoms with van der Waals surface area (Å²) in [6, 6.07) is 0. The molecule has 1 saturated heterocycles. The molecule has 0 bridgehead atoms. The highest BCUT2D eigenvalue weighted by atomic mass is 16.3. The molecule has 2 aliphatic rings. The third kappa shape index (κ3) is 0.560. The molecule has 56 valence electrons. The van der Waals surface area contributed by atoms with Gasteiger partial charge in [0.15, 0.2) is 0 Å². The van der Waals surface area contributed by atoms with Crippen molar-refractivity contribution in [3.05, 3.63) is 0 Å². The van der Waals surface area contributed by atoms with E-state index in [-0.39, 0.29) is 23.8 Å². The van der Waals surface area contributed by atoms with Gasteiger partial charge in [-0.1, -0.05) is 0 Å². The summed E-state index contributed by atoms with van der Waals surface area (Å²) in [6.45, 7) is 0.975. The van der Waals surface area contributed by atoms with Gasteiger partial charge in [-0.2, -0.15) is 0 Å². The third-order valence-corrected chi connectivity index (χ3v) is 2.76. The van der Waals surface area contributed by atoms with E-state index in [2.05, 4.69) is 5.32 Å². The van der Waals surface area contributed by atoms with Gasteiger partial charge in [-0.05, 0) is 18.8 Å². The predicted molar refractivity (Wildman–Crippen MR) is 35.3 cm³/mol. The second kappa shape index (κ2) is 1.72. The minimum absolute atomic E-state index is 0.130. The van der Waals surface area contributed by atoms with Crippen molar-refractivity contribution in [1.82, 2.24) is 5.32 Å². The molecule has 2 rings (SSSR count). The number of amides is 1. The fourth-order valence-corrected chi connectivity index (χ4v) is 1.89. The van der Waals surface area contributed by atoms with E-state index in [1.165, 1.54) is 0 Å². The summed E-state index contributed by atoms with van der Waals surface area (Å²) in [5, 5.41) is 11.6. The fourth-order valence-electron chi connectivity index (χ4n) is 1.89. The summed E-state index contributed by atoms with van der Waals surface area (Å²) in [4.78, 5) is 11.1. The Morgan fingerprint density at radius 2 is 2.60 bits per heavy atom. The Balaban J connectivity index is 2.12. The minimum Gasteiger partial charge on any atom is -0.396 e. The molecule has 1 spiro atoms. The summed E-state index contributed by atoms with van der Waals surface area (Å²) in [5.74, 6) is 0.418. The molecule has 3 heteroatoms. The van der Waals surface area contributed by atoms with Gasteiger partial charge in [0.1, 0.15) is 0 Å². The van der Waals surface area contributed by atoms with Crippen LogP contribution in [0.3, 0.4) is 0 Å². The Labute approximate surface area is 59.4 Å². The van der Waals surface area contributed by atoms with E-state index in [0.717, 1.165) is 19.4 Å². The van der Waals surface area contributed by atoms with Crippen LogP contribution in [-0.4, -0.2) is 24.2 Å². The summed E-state index contributed by atoms with van der Waals surface area (Å²) < 4.78 is 0. The van der Waals surface area contributed by atoms with Crippen LogP contribution in [0.4, 0.5) is 0 Å². The maximum Gasteiger partial charge on any atom is 0.226 e. The van der Waals surface area contributed by atoms with Crippen LogP contribution in [0.5, 0.6) is 0 Å². The van der Waals surface area contributed by atoms with Crippen molar-refractivity contribution in [2.45, 2.75) is 12.8 Å². The molecule has 2 unspecified atom stereocenters. The van der Waals surface area contributed by atoms with Crippen molar-refractivity contribution in [1.29, 1.82) is 0 Å². The lowest BCUT2D eigenvalue weighted by atomic mass is 10.0. The first kappa shape index (κ1) is 6.16. The van der Waals surface area contributed by atoms with Gasteiger partial charge in [0.25, 0.3) is 0 Å². The maximum atomic E-state index is 11.1. The number of hydrogen-bond donors (Lipinski definition) is 2. The van der Waals surface area contributed by atoms with Crippen molar-refractivity contribution in [2.24, 2.45) is 11.3 Å². The molecule has 0 aromatic rings. The lowest BCUT2D eigenvalue weighted by Gasteiger charge is -2.01. The van der Waals surface area contributed by atoms with Crippen LogP contribution in [0.25, 0.3) is 0 Å². The van der Waals surface area contributed by atoms with Crippen molar-refractivity contribution in [3.8, 4) is 0 Å². The van der Waals surface area contributed by atoms with Crippen LogP contribution in [0.1, 0.15) is 12.8 Å². The zero-order valence-electron chi connectivity index (χ0n) is 5.76. The first-order valence-electron chi connectivity index (χ1n) is 3.69. The highest BCUT2D eigenvalue weighted by molar-refractivity contribution is 5.87. The molecule has 2 atom stereocenters. The molecule has 0 radical (unpaired) electrons. The number of carbonyl (C=O) groups excluding carboxylic acids is 1. The van der Waals surface area contributed by atoms with Crippen LogP contribution in [0.15, 0.2) is 0 Å². The Bertz CT molecular complexity index is 180.